The van der Waals surface area contributed by atoms with Crippen LogP contribution in [0, 0.1) is 0 Å². The van der Waals surface area contributed by atoms with Crippen molar-refractivity contribution in [2.24, 2.45) is 10.7 Å². The van der Waals surface area contributed by atoms with Crippen LogP contribution in [0.4, 0.5) is 5.69 Å². The van der Waals surface area contributed by atoms with Crippen LogP contribution in [0.3, 0.4) is 0 Å². The molecule has 0 fully saturated rings. The third-order valence-electron chi connectivity index (χ3n) is 3.71. The van der Waals surface area contributed by atoms with E-state index in [1.807, 2.05) is 12.1 Å². The van der Waals surface area contributed by atoms with Crippen molar-refractivity contribution in [2.75, 3.05) is 25.5 Å². The number of guanidine groups is 1. The number of nitrogens with two attached hydrogens (primary N) is 1. The third-order valence-corrected chi connectivity index (χ3v) is 3.71. The van der Waals surface area contributed by atoms with Gasteiger partial charge < -0.3 is 16.0 Å². The standard InChI is InChI=1S/C16H28N4/c1-5-13(3)20(4)12-11-18-16(17)19-15-9-7-14(6-2)8-10-15/h7-10,13H,5-6,11-12H2,1-4H3,(H3,17,18,19). The molecule has 4 heteroatoms. The molecule has 0 aliphatic heterocycles. The maximum Gasteiger partial charge on any atom is 0.193 e. The molecule has 0 bridgehead atoms. The number of rotatable bonds is 7. The second-order valence-corrected chi connectivity index (χ2v) is 5.18. The van der Waals surface area contributed by atoms with Crippen molar-refractivity contribution in [3.63, 3.8) is 0 Å². The highest BCUT2D eigenvalue weighted by Crippen LogP contribution is 2.09. The molecule has 0 aliphatic rings. The molecule has 1 aromatic carbocycles. The first kappa shape index (κ1) is 16.5. The molecule has 20 heavy (non-hydrogen) atoms. The van der Waals surface area contributed by atoms with Crippen LogP contribution in [0.15, 0.2) is 29.3 Å². The summed E-state index contributed by atoms with van der Waals surface area (Å²) in [5.41, 5.74) is 8.20. The number of likely N-dealkylation sites (N-methyl/N-ethyl adjacent to an activating group) is 1. The van der Waals surface area contributed by atoms with Crippen molar-refractivity contribution < 1.29 is 0 Å². The van der Waals surface area contributed by atoms with Gasteiger partial charge in [-0.15, -0.1) is 0 Å². The minimum Gasteiger partial charge on any atom is -0.370 e. The Kier molecular flexibility index (Phi) is 7.09. The van der Waals surface area contributed by atoms with Crippen molar-refractivity contribution >= 4 is 11.6 Å². The minimum absolute atomic E-state index is 0.479. The van der Waals surface area contributed by atoms with Gasteiger partial charge in [0.25, 0.3) is 0 Å². The number of aryl methyl sites for hydroxylation is 1. The van der Waals surface area contributed by atoms with Gasteiger partial charge in [0.15, 0.2) is 5.96 Å². The van der Waals surface area contributed by atoms with Gasteiger partial charge in [0.1, 0.15) is 0 Å². The zero-order valence-corrected chi connectivity index (χ0v) is 13.2. The lowest BCUT2D eigenvalue weighted by Gasteiger charge is -2.22. The molecule has 0 spiro atoms. The van der Waals surface area contributed by atoms with E-state index >= 15 is 0 Å². The first-order valence-electron chi connectivity index (χ1n) is 7.42. The molecule has 0 saturated carbocycles. The summed E-state index contributed by atoms with van der Waals surface area (Å²) < 4.78 is 0. The number of benzene rings is 1. The third kappa shape index (κ3) is 5.61. The van der Waals surface area contributed by atoms with Gasteiger partial charge in [0.05, 0.1) is 6.54 Å². The lowest BCUT2D eigenvalue weighted by molar-refractivity contribution is 0.259. The molecule has 4 nitrogen and oxygen atoms in total. The fourth-order valence-electron chi connectivity index (χ4n) is 1.87. The summed E-state index contributed by atoms with van der Waals surface area (Å²) in [6.45, 7) is 8.20. The van der Waals surface area contributed by atoms with Crippen molar-refractivity contribution in [3.8, 4) is 0 Å². The Morgan fingerprint density at radius 2 is 1.95 bits per heavy atom. The molecule has 112 valence electrons. The Morgan fingerprint density at radius 3 is 2.50 bits per heavy atom. The minimum atomic E-state index is 0.479. The summed E-state index contributed by atoms with van der Waals surface area (Å²) in [5, 5.41) is 3.12. The van der Waals surface area contributed by atoms with E-state index in [-0.39, 0.29) is 0 Å². The number of nitrogens with one attached hydrogen (secondary N) is 1. The number of anilines is 1. The molecule has 0 radical (unpaired) electrons. The number of nitrogens with zero attached hydrogens (tertiary/aromatic N) is 2. The topological polar surface area (TPSA) is 53.6 Å². The lowest BCUT2D eigenvalue weighted by atomic mass is 10.1. The first-order chi connectivity index (χ1) is 9.56. The molecule has 0 heterocycles. The average Bonchev–Trinajstić information content (AvgIpc) is 2.47. The Hall–Kier alpha value is -1.55. The van der Waals surface area contributed by atoms with Crippen LogP contribution in [0.1, 0.15) is 32.8 Å². The van der Waals surface area contributed by atoms with Gasteiger partial charge in [-0.3, -0.25) is 4.99 Å². The van der Waals surface area contributed by atoms with Crippen LogP contribution >= 0.6 is 0 Å². The molecule has 1 aromatic rings. The van der Waals surface area contributed by atoms with Gasteiger partial charge in [0.2, 0.25) is 0 Å². The molecule has 3 N–H and O–H groups in total. The average molecular weight is 276 g/mol. The zero-order valence-electron chi connectivity index (χ0n) is 13.2. The fraction of sp³-hybridized carbons (Fsp3) is 0.562. The Balaban J connectivity index is 2.41. The van der Waals surface area contributed by atoms with Crippen molar-refractivity contribution in [2.45, 2.75) is 39.7 Å². The summed E-state index contributed by atoms with van der Waals surface area (Å²) in [5.74, 6) is 0.479. The maximum absolute atomic E-state index is 5.89. The van der Waals surface area contributed by atoms with Crippen LogP contribution in [0.2, 0.25) is 0 Å². The van der Waals surface area contributed by atoms with Gasteiger partial charge in [-0.1, -0.05) is 26.0 Å². The summed E-state index contributed by atoms with van der Waals surface area (Å²) in [4.78, 5) is 6.66. The zero-order chi connectivity index (χ0) is 15.0. The molecule has 1 unspecified atom stereocenters. The van der Waals surface area contributed by atoms with Crippen LogP contribution in [-0.4, -0.2) is 37.0 Å². The van der Waals surface area contributed by atoms with Crippen LogP contribution in [0.25, 0.3) is 0 Å². The highest BCUT2D eigenvalue weighted by atomic mass is 15.1. The van der Waals surface area contributed by atoms with Crippen molar-refractivity contribution in [3.05, 3.63) is 29.8 Å². The summed E-state index contributed by atoms with van der Waals surface area (Å²) in [7, 11) is 2.12. The van der Waals surface area contributed by atoms with E-state index < -0.39 is 0 Å². The lowest BCUT2D eigenvalue weighted by Crippen LogP contribution is -2.31. The Labute approximate surface area is 123 Å². The van der Waals surface area contributed by atoms with Gasteiger partial charge in [0, 0.05) is 18.3 Å². The van der Waals surface area contributed by atoms with Gasteiger partial charge >= 0.3 is 0 Å². The predicted octanol–water partition coefficient (Wildman–Crippen LogP) is 2.71. The van der Waals surface area contributed by atoms with E-state index in [9.17, 15) is 0 Å². The Morgan fingerprint density at radius 1 is 1.30 bits per heavy atom. The van der Waals surface area contributed by atoms with Crippen molar-refractivity contribution in [1.29, 1.82) is 0 Å². The number of aliphatic imine (C=N–C) groups is 1. The van der Waals surface area contributed by atoms with E-state index in [1.54, 1.807) is 0 Å². The number of hydrogen-bond acceptors (Lipinski definition) is 2. The predicted molar refractivity (Wildman–Crippen MR) is 88.3 cm³/mol. The van der Waals surface area contributed by atoms with E-state index in [1.165, 1.54) is 5.56 Å². The molecule has 1 rings (SSSR count). The molecule has 0 aromatic heterocycles. The molecule has 0 aliphatic carbocycles. The monoisotopic (exact) mass is 276 g/mol. The molecule has 1 atom stereocenters. The molecular formula is C16H28N4. The van der Waals surface area contributed by atoms with Crippen LogP contribution in [-0.2, 0) is 6.42 Å². The van der Waals surface area contributed by atoms with E-state index in [0.717, 1.165) is 25.1 Å². The van der Waals surface area contributed by atoms with Crippen molar-refractivity contribution in [1.82, 2.24) is 4.90 Å². The van der Waals surface area contributed by atoms with Gasteiger partial charge in [-0.05, 0) is 44.5 Å². The number of hydrogen-bond donors (Lipinski definition) is 2. The van der Waals surface area contributed by atoms with Crippen LogP contribution in [0.5, 0.6) is 0 Å². The quantitative estimate of drug-likeness (QED) is 0.595. The van der Waals surface area contributed by atoms with Gasteiger partial charge in [-0.25, -0.2) is 0 Å². The highest BCUT2D eigenvalue weighted by molar-refractivity contribution is 5.92. The van der Waals surface area contributed by atoms with E-state index in [2.05, 4.69) is 55.2 Å². The molecule has 0 saturated heterocycles. The SMILES string of the molecule is CCc1ccc(NC(N)=NCCN(C)C(C)CC)cc1. The van der Waals surface area contributed by atoms with Crippen LogP contribution < -0.4 is 11.1 Å². The second-order valence-electron chi connectivity index (χ2n) is 5.18. The molecular weight excluding hydrogens is 248 g/mol. The summed E-state index contributed by atoms with van der Waals surface area (Å²) >= 11 is 0. The Bertz CT molecular complexity index is 411. The first-order valence-corrected chi connectivity index (χ1v) is 7.42. The summed E-state index contributed by atoms with van der Waals surface area (Å²) in [6.07, 6.45) is 2.20. The molecule has 0 amide bonds. The maximum atomic E-state index is 5.89. The summed E-state index contributed by atoms with van der Waals surface area (Å²) in [6, 6.07) is 8.86. The largest absolute Gasteiger partial charge is 0.370 e. The highest BCUT2D eigenvalue weighted by Gasteiger charge is 2.05. The normalized spacial score (nSPS) is 13.6. The van der Waals surface area contributed by atoms with E-state index in [0.29, 0.717) is 18.5 Å². The fourth-order valence-corrected chi connectivity index (χ4v) is 1.87. The second kappa shape index (κ2) is 8.59. The van der Waals surface area contributed by atoms with Gasteiger partial charge in [-0.2, -0.15) is 0 Å². The smallest absolute Gasteiger partial charge is 0.193 e. The van der Waals surface area contributed by atoms with E-state index in [4.69, 9.17) is 5.73 Å².